The summed E-state index contributed by atoms with van der Waals surface area (Å²) in [4.78, 5) is 32.3. The summed E-state index contributed by atoms with van der Waals surface area (Å²) in [5.41, 5.74) is -0.418. The van der Waals surface area contributed by atoms with Gasteiger partial charge in [0.15, 0.2) is 5.82 Å². The van der Waals surface area contributed by atoms with Gasteiger partial charge in [-0.1, -0.05) is 0 Å². The number of aromatic nitrogens is 2. The Bertz CT molecular complexity index is 1220. The van der Waals surface area contributed by atoms with Crippen LogP contribution < -0.4 is 0 Å². The number of carbonyl (C=O) groups is 2. The molecule has 182 valence electrons. The summed E-state index contributed by atoms with van der Waals surface area (Å²) in [6.45, 7) is -0.410. The van der Waals surface area contributed by atoms with Crippen LogP contribution in [0.15, 0.2) is 12.1 Å². The van der Waals surface area contributed by atoms with Crippen molar-refractivity contribution in [1.29, 1.82) is 0 Å². The average Bonchev–Trinajstić information content (AvgIpc) is 3.68. The van der Waals surface area contributed by atoms with Crippen molar-refractivity contribution in [2.24, 2.45) is 18.9 Å². The molecule has 4 fully saturated rings. The van der Waals surface area contributed by atoms with E-state index in [-0.39, 0.29) is 48.2 Å². The lowest BCUT2D eigenvalue weighted by Crippen LogP contribution is -2.59. The number of piperazine rings is 1. The Labute approximate surface area is 191 Å². The van der Waals surface area contributed by atoms with Crippen LogP contribution in [0.2, 0.25) is 0 Å². The minimum absolute atomic E-state index is 0.0230. The zero-order chi connectivity index (χ0) is 24.2. The van der Waals surface area contributed by atoms with Gasteiger partial charge in [-0.25, -0.2) is 13.8 Å². The molecule has 2 heterocycles. The second kappa shape index (κ2) is 6.91. The molecule has 0 radical (unpaired) electrons. The molecule has 3 atom stereocenters. The number of alkyl halides is 5. The van der Waals surface area contributed by atoms with Gasteiger partial charge in [0.25, 0.3) is 11.8 Å². The summed E-state index contributed by atoms with van der Waals surface area (Å²) in [6, 6.07) is 1.60. The van der Waals surface area contributed by atoms with E-state index in [1.807, 2.05) is 0 Å². The first-order valence-corrected chi connectivity index (χ1v) is 11.5. The van der Waals surface area contributed by atoms with E-state index in [9.17, 15) is 31.5 Å². The third-order valence-corrected chi connectivity index (χ3v) is 7.86. The highest BCUT2D eigenvalue weighted by molar-refractivity contribution is 5.98. The molecule has 1 aromatic heterocycles. The third kappa shape index (κ3) is 3.22. The molecule has 2 amide bonds. The maximum atomic E-state index is 14.5. The summed E-state index contributed by atoms with van der Waals surface area (Å²) < 4.78 is 71.7. The Kier molecular flexibility index (Phi) is 4.43. The van der Waals surface area contributed by atoms with Gasteiger partial charge in [0.1, 0.15) is 12.1 Å². The van der Waals surface area contributed by atoms with Gasteiger partial charge in [0.2, 0.25) is 5.91 Å². The molecule has 1 aromatic carbocycles. The van der Waals surface area contributed by atoms with Crippen LogP contribution in [0.5, 0.6) is 0 Å². The summed E-state index contributed by atoms with van der Waals surface area (Å²) in [5, 5.41) is 0. The van der Waals surface area contributed by atoms with E-state index in [2.05, 4.69) is 4.98 Å². The number of nitrogens with zero attached hydrogens (tertiary/aromatic N) is 4. The van der Waals surface area contributed by atoms with Crippen LogP contribution in [0.25, 0.3) is 11.0 Å². The molecule has 3 aliphatic carbocycles. The van der Waals surface area contributed by atoms with Crippen LogP contribution in [0.1, 0.15) is 53.3 Å². The van der Waals surface area contributed by atoms with Crippen LogP contribution >= 0.6 is 0 Å². The first-order valence-electron chi connectivity index (χ1n) is 11.5. The third-order valence-electron chi connectivity index (χ3n) is 7.86. The predicted molar refractivity (Wildman–Crippen MR) is 110 cm³/mol. The molecule has 34 heavy (non-hydrogen) atoms. The number of aryl methyl sites for hydroxylation is 1. The number of halogens is 5. The van der Waals surface area contributed by atoms with Crippen LogP contribution in [-0.4, -0.2) is 62.8 Å². The van der Waals surface area contributed by atoms with Crippen molar-refractivity contribution in [3.63, 3.8) is 0 Å². The van der Waals surface area contributed by atoms with Crippen molar-refractivity contribution in [3.8, 4) is 0 Å². The summed E-state index contributed by atoms with van der Waals surface area (Å²) in [7, 11) is 1.48. The topological polar surface area (TPSA) is 58.4 Å². The highest BCUT2D eigenvalue weighted by atomic mass is 19.4. The molecule has 11 heteroatoms. The molecule has 4 aliphatic rings. The van der Waals surface area contributed by atoms with Gasteiger partial charge in [0, 0.05) is 26.1 Å². The average molecular weight is 482 g/mol. The number of amides is 2. The Morgan fingerprint density at radius 1 is 1.15 bits per heavy atom. The van der Waals surface area contributed by atoms with Crippen LogP contribution in [0, 0.1) is 11.8 Å². The van der Waals surface area contributed by atoms with E-state index in [0.717, 1.165) is 18.9 Å². The SMILES string of the molecule is Cn1c(C(=O)N2CCN([C@H]3C[C@@H]4C[C@@H]4C3(F)F)C(=O)C2)nc2c(C(F)(F)F)cc(C3CC3)cc21. The van der Waals surface area contributed by atoms with E-state index in [1.165, 1.54) is 21.4 Å². The number of hydrogen-bond acceptors (Lipinski definition) is 3. The zero-order valence-corrected chi connectivity index (χ0v) is 18.4. The van der Waals surface area contributed by atoms with Gasteiger partial charge in [-0.3, -0.25) is 9.59 Å². The van der Waals surface area contributed by atoms with Gasteiger partial charge in [0.05, 0.1) is 17.1 Å². The lowest BCUT2D eigenvalue weighted by atomic mass is 10.0. The van der Waals surface area contributed by atoms with Gasteiger partial charge < -0.3 is 14.4 Å². The Morgan fingerprint density at radius 2 is 1.88 bits per heavy atom. The van der Waals surface area contributed by atoms with Crippen molar-refractivity contribution in [3.05, 3.63) is 29.1 Å². The largest absolute Gasteiger partial charge is 0.418 e. The zero-order valence-electron chi connectivity index (χ0n) is 18.4. The Balaban J connectivity index is 1.27. The van der Waals surface area contributed by atoms with Crippen LogP contribution in [-0.2, 0) is 18.0 Å². The maximum absolute atomic E-state index is 14.5. The molecular weight excluding hydrogens is 459 g/mol. The molecule has 6 rings (SSSR count). The monoisotopic (exact) mass is 482 g/mol. The van der Waals surface area contributed by atoms with Crippen LogP contribution in [0.3, 0.4) is 0 Å². The lowest BCUT2D eigenvalue weighted by Gasteiger charge is -2.40. The van der Waals surface area contributed by atoms with E-state index in [1.54, 1.807) is 6.07 Å². The number of carbonyl (C=O) groups excluding carboxylic acids is 2. The number of fused-ring (bicyclic) bond motifs is 2. The maximum Gasteiger partial charge on any atom is 0.418 e. The van der Waals surface area contributed by atoms with E-state index in [4.69, 9.17) is 0 Å². The number of rotatable bonds is 3. The standard InChI is InChI=1S/C23H23F5N4O2/c1-30-16-8-12(11-2-3-11)6-15(23(26,27)28)19(16)29-20(30)21(34)31-4-5-32(18(33)10-31)17-9-13-7-14(13)22(17,24)25/h6,8,11,13-14,17H,2-5,7,9-10H2,1H3/t13-,14-,17-/m0/s1. The van der Waals surface area contributed by atoms with Crippen LogP contribution in [0.4, 0.5) is 22.0 Å². The Hall–Kier alpha value is -2.72. The summed E-state index contributed by atoms with van der Waals surface area (Å²) in [6.07, 6.45) is -2.23. The van der Waals surface area contributed by atoms with E-state index < -0.39 is 48.0 Å². The van der Waals surface area contributed by atoms with Gasteiger partial charge in [-0.05, 0) is 55.2 Å². The fraction of sp³-hybridized carbons (Fsp3) is 0.609. The minimum atomic E-state index is -4.63. The number of hydrogen-bond donors (Lipinski definition) is 0. The second-order valence-corrected chi connectivity index (χ2v) is 10.0. The van der Waals surface area contributed by atoms with Crippen molar-refractivity contribution >= 4 is 22.8 Å². The highest BCUT2D eigenvalue weighted by Crippen LogP contribution is 2.61. The summed E-state index contributed by atoms with van der Waals surface area (Å²) >= 11 is 0. The quantitative estimate of drug-likeness (QED) is 0.626. The van der Waals surface area contributed by atoms with Gasteiger partial charge in [-0.15, -0.1) is 0 Å². The second-order valence-electron chi connectivity index (χ2n) is 10.0. The molecule has 3 saturated carbocycles. The molecule has 0 unspecified atom stereocenters. The van der Waals surface area contributed by atoms with Gasteiger partial charge in [-0.2, -0.15) is 13.2 Å². The molecule has 1 aliphatic heterocycles. The number of imidazole rings is 1. The van der Waals surface area contributed by atoms with Crippen molar-refractivity contribution in [1.82, 2.24) is 19.4 Å². The van der Waals surface area contributed by atoms with E-state index >= 15 is 0 Å². The fourth-order valence-electron chi connectivity index (χ4n) is 5.71. The highest BCUT2D eigenvalue weighted by Gasteiger charge is 2.67. The molecule has 6 nitrogen and oxygen atoms in total. The molecule has 0 bridgehead atoms. The molecule has 0 spiro atoms. The lowest BCUT2D eigenvalue weighted by molar-refractivity contribution is -0.149. The Morgan fingerprint density at radius 3 is 2.47 bits per heavy atom. The smallest absolute Gasteiger partial charge is 0.330 e. The fourth-order valence-corrected chi connectivity index (χ4v) is 5.71. The van der Waals surface area contributed by atoms with E-state index in [0.29, 0.717) is 12.0 Å². The first kappa shape index (κ1) is 21.8. The molecule has 0 N–H and O–H groups in total. The minimum Gasteiger partial charge on any atom is -0.330 e. The summed E-state index contributed by atoms with van der Waals surface area (Å²) in [5.74, 6) is -5.02. The van der Waals surface area contributed by atoms with Crippen molar-refractivity contribution in [2.75, 3.05) is 19.6 Å². The van der Waals surface area contributed by atoms with Crippen molar-refractivity contribution in [2.45, 2.75) is 49.7 Å². The van der Waals surface area contributed by atoms with Crippen molar-refractivity contribution < 1.29 is 31.5 Å². The first-order chi connectivity index (χ1) is 16.0. The molecule has 2 aromatic rings. The normalized spacial score (nSPS) is 28.5. The molecule has 1 saturated heterocycles. The molecular formula is C23H23F5N4O2. The number of benzene rings is 1. The predicted octanol–water partition coefficient (Wildman–Crippen LogP) is 3.80. The van der Waals surface area contributed by atoms with Gasteiger partial charge >= 0.3 is 6.18 Å².